The molecule has 0 aliphatic rings. The number of sulfone groups is 1. The van der Waals surface area contributed by atoms with Crippen LogP contribution in [0.4, 0.5) is 0 Å². The van der Waals surface area contributed by atoms with Crippen LogP contribution in [0.5, 0.6) is 0 Å². The van der Waals surface area contributed by atoms with Crippen molar-refractivity contribution in [3.63, 3.8) is 0 Å². The molecule has 2 heterocycles. The normalized spacial score (nSPS) is 11.9. The Morgan fingerprint density at radius 2 is 1.11 bits per heavy atom. The third-order valence-electron chi connectivity index (χ3n) is 4.51. The van der Waals surface area contributed by atoms with Gasteiger partial charge in [0.05, 0.1) is 0 Å². The first-order valence-corrected chi connectivity index (χ1v) is 9.59. The fraction of sp³-hybridized carbons (Fsp3) is 0.100. The minimum atomic E-state index is -4.43. The molecule has 0 bridgehead atoms. The van der Waals surface area contributed by atoms with E-state index in [9.17, 15) is 18.0 Å². The van der Waals surface area contributed by atoms with Crippen molar-refractivity contribution in [3.8, 4) is 0 Å². The fourth-order valence-corrected chi connectivity index (χ4v) is 4.33. The van der Waals surface area contributed by atoms with Crippen LogP contribution in [0.2, 0.25) is 0 Å². The van der Waals surface area contributed by atoms with Crippen LogP contribution in [-0.2, 0) is 9.84 Å². The molecule has 0 saturated carbocycles. The zero-order chi connectivity index (χ0) is 19.3. The molecule has 0 unspecified atom stereocenters. The molecule has 0 aliphatic heterocycles. The van der Waals surface area contributed by atoms with Gasteiger partial charge in [0, 0.05) is 10.8 Å². The lowest BCUT2D eigenvalue weighted by atomic mass is 10.1. The summed E-state index contributed by atoms with van der Waals surface area (Å²) in [5.74, 6) is 0. The monoisotopic (exact) mass is 382 g/mol. The lowest BCUT2D eigenvalue weighted by Crippen LogP contribution is -2.20. The van der Waals surface area contributed by atoms with E-state index in [-0.39, 0.29) is 11.2 Å². The molecule has 136 valence electrons. The van der Waals surface area contributed by atoms with Crippen LogP contribution in [0.15, 0.2) is 76.7 Å². The molecule has 4 rings (SSSR count). The van der Waals surface area contributed by atoms with Gasteiger partial charge in [0.15, 0.2) is 9.79 Å². The second kappa shape index (κ2) is 5.92. The highest BCUT2D eigenvalue weighted by Crippen LogP contribution is 2.25. The van der Waals surface area contributed by atoms with Gasteiger partial charge in [-0.3, -0.25) is 0 Å². The highest BCUT2D eigenvalue weighted by atomic mass is 32.2. The molecule has 2 aromatic carbocycles. The molecule has 7 heteroatoms. The Hall–Kier alpha value is -3.19. The zero-order valence-corrected chi connectivity index (χ0v) is 15.3. The molecule has 0 amide bonds. The van der Waals surface area contributed by atoms with Crippen LogP contribution < -0.4 is 11.3 Å². The largest absolute Gasteiger partial charge is 0.422 e. The highest BCUT2D eigenvalue weighted by Gasteiger charge is 2.28. The van der Waals surface area contributed by atoms with Gasteiger partial charge in [0.25, 0.3) is 0 Å². The number of aryl methyl sites for hydroxylation is 2. The van der Waals surface area contributed by atoms with E-state index < -0.39 is 30.9 Å². The lowest BCUT2D eigenvalue weighted by Gasteiger charge is -2.07. The average molecular weight is 382 g/mol. The number of benzene rings is 2. The van der Waals surface area contributed by atoms with Gasteiger partial charge >= 0.3 is 11.3 Å². The smallest absolute Gasteiger partial charge is 0.355 e. The van der Waals surface area contributed by atoms with Gasteiger partial charge in [-0.2, -0.15) is 0 Å². The van der Waals surface area contributed by atoms with Crippen LogP contribution in [-0.4, -0.2) is 8.42 Å². The first-order valence-electron chi connectivity index (χ1n) is 8.11. The Kier molecular flexibility index (Phi) is 3.78. The number of hydrogen-bond donors (Lipinski definition) is 0. The van der Waals surface area contributed by atoms with Crippen LogP contribution in [0.1, 0.15) is 11.1 Å². The standard InChI is InChI=1S/C20H14O6S/c1-11-5-3-7-15-13(11)9-17(19(21)25-15)27(23,24)18-10-14-12(2)6-4-8-16(14)26-20(18)22/h3-10H,1-2H3. The molecular weight excluding hydrogens is 368 g/mol. The number of rotatable bonds is 2. The van der Waals surface area contributed by atoms with Crippen molar-refractivity contribution in [2.75, 3.05) is 0 Å². The van der Waals surface area contributed by atoms with Crippen molar-refractivity contribution in [1.29, 1.82) is 0 Å². The molecule has 27 heavy (non-hydrogen) atoms. The molecule has 0 atom stereocenters. The minimum Gasteiger partial charge on any atom is -0.422 e. The SMILES string of the molecule is Cc1cccc2oc(=O)c(S(=O)(=O)c3cc4c(C)cccc4oc3=O)cc12. The van der Waals surface area contributed by atoms with Gasteiger partial charge in [-0.15, -0.1) is 0 Å². The van der Waals surface area contributed by atoms with E-state index in [4.69, 9.17) is 8.83 Å². The molecule has 0 N–H and O–H groups in total. The second-order valence-corrected chi connectivity index (χ2v) is 8.16. The minimum absolute atomic E-state index is 0.278. The van der Waals surface area contributed by atoms with Gasteiger partial charge in [0.1, 0.15) is 11.2 Å². The van der Waals surface area contributed by atoms with Crippen molar-refractivity contribution in [3.05, 3.63) is 80.5 Å². The second-order valence-electron chi connectivity index (χ2n) is 6.27. The summed E-state index contributed by atoms with van der Waals surface area (Å²) in [6.45, 7) is 3.54. The molecule has 0 spiro atoms. The van der Waals surface area contributed by atoms with Gasteiger partial charge < -0.3 is 8.83 Å². The van der Waals surface area contributed by atoms with Crippen LogP contribution in [0.25, 0.3) is 21.9 Å². The van der Waals surface area contributed by atoms with Crippen molar-refractivity contribution < 1.29 is 17.3 Å². The van der Waals surface area contributed by atoms with Crippen molar-refractivity contribution in [2.45, 2.75) is 23.6 Å². The van der Waals surface area contributed by atoms with Crippen molar-refractivity contribution in [2.24, 2.45) is 0 Å². The van der Waals surface area contributed by atoms with Crippen LogP contribution in [0, 0.1) is 13.8 Å². The molecule has 0 radical (unpaired) electrons. The first kappa shape index (κ1) is 17.2. The topological polar surface area (TPSA) is 94.6 Å². The summed E-state index contributed by atoms with van der Waals surface area (Å²) in [4.78, 5) is 23.5. The Morgan fingerprint density at radius 1 is 0.704 bits per heavy atom. The van der Waals surface area contributed by atoms with Crippen molar-refractivity contribution >= 4 is 31.8 Å². The Balaban J connectivity index is 2.05. The summed E-state index contributed by atoms with van der Waals surface area (Å²) in [6.07, 6.45) is 0. The Bertz CT molecular complexity index is 1340. The zero-order valence-electron chi connectivity index (χ0n) is 14.5. The van der Waals surface area contributed by atoms with Gasteiger partial charge in [-0.05, 0) is 49.2 Å². The van der Waals surface area contributed by atoms with Crippen LogP contribution in [0.3, 0.4) is 0 Å². The van der Waals surface area contributed by atoms with E-state index in [1.807, 2.05) is 0 Å². The van der Waals surface area contributed by atoms with Crippen LogP contribution >= 0.6 is 0 Å². The van der Waals surface area contributed by atoms with Gasteiger partial charge in [-0.25, -0.2) is 18.0 Å². The molecular formula is C20H14O6S. The molecule has 0 aliphatic carbocycles. The summed E-state index contributed by atoms with van der Waals surface area (Å²) in [6, 6.07) is 12.6. The summed E-state index contributed by atoms with van der Waals surface area (Å²) in [7, 11) is -4.43. The molecule has 6 nitrogen and oxygen atoms in total. The summed E-state index contributed by atoms with van der Waals surface area (Å²) in [5.41, 5.74) is -0.0152. The van der Waals surface area contributed by atoms with E-state index in [1.165, 1.54) is 12.1 Å². The maximum Gasteiger partial charge on any atom is 0.355 e. The third-order valence-corrected chi connectivity index (χ3v) is 6.23. The van der Waals surface area contributed by atoms with Crippen molar-refractivity contribution in [1.82, 2.24) is 0 Å². The maximum atomic E-state index is 13.1. The van der Waals surface area contributed by atoms with E-state index in [0.29, 0.717) is 10.8 Å². The third kappa shape index (κ3) is 2.67. The van der Waals surface area contributed by atoms with Gasteiger partial charge in [-0.1, -0.05) is 24.3 Å². The average Bonchev–Trinajstić information content (AvgIpc) is 2.61. The highest BCUT2D eigenvalue weighted by molar-refractivity contribution is 7.91. The number of fused-ring (bicyclic) bond motifs is 2. The molecule has 0 saturated heterocycles. The quantitative estimate of drug-likeness (QED) is 0.494. The number of hydrogen-bond acceptors (Lipinski definition) is 6. The first-order chi connectivity index (χ1) is 12.8. The van der Waals surface area contributed by atoms with E-state index in [2.05, 4.69) is 0 Å². The fourth-order valence-electron chi connectivity index (χ4n) is 3.03. The lowest BCUT2D eigenvalue weighted by molar-refractivity contribution is 0.521. The molecule has 2 aromatic heterocycles. The summed E-state index contributed by atoms with van der Waals surface area (Å²) >= 11 is 0. The van der Waals surface area contributed by atoms with E-state index >= 15 is 0 Å². The molecule has 0 fully saturated rings. The summed E-state index contributed by atoms with van der Waals surface area (Å²) in [5, 5.41) is 0.967. The Morgan fingerprint density at radius 3 is 1.52 bits per heavy atom. The predicted octanol–water partition coefficient (Wildman–Crippen LogP) is 3.35. The van der Waals surface area contributed by atoms with E-state index in [0.717, 1.165) is 11.1 Å². The maximum absolute atomic E-state index is 13.1. The molecule has 4 aromatic rings. The predicted molar refractivity (Wildman–Crippen MR) is 99.9 cm³/mol. The van der Waals surface area contributed by atoms with E-state index in [1.54, 1.807) is 50.2 Å². The summed E-state index contributed by atoms with van der Waals surface area (Å²) < 4.78 is 36.5. The van der Waals surface area contributed by atoms with Gasteiger partial charge in [0.2, 0.25) is 9.84 Å². The Labute approximate surface area is 153 Å².